The van der Waals surface area contributed by atoms with Gasteiger partial charge in [-0.2, -0.15) is 0 Å². The molecule has 22 heavy (non-hydrogen) atoms. The summed E-state index contributed by atoms with van der Waals surface area (Å²) in [6.07, 6.45) is 9.79. The molecule has 1 aromatic heterocycles. The highest BCUT2D eigenvalue weighted by atomic mass is 32.1. The van der Waals surface area contributed by atoms with Gasteiger partial charge in [-0.25, -0.2) is 4.98 Å². The summed E-state index contributed by atoms with van der Waals surface area (Å²) >= 11 is 1.96. The van der Waals surface area contributed by atoms with Crippen molar-refractivity contribution in [3.05, 3.63) is 15.6 Å². The maximum absolute atomic E-state index is 12.5. The minimum Gasteiger partial charge on any atom is -0.342 e. The number of hydrogen-bond donors (Lipinski definition) is 0. The Morgan fingerprint density at radius 2 is 1.91 bits per heavy atom. The van der Waals surface area contributed by atoms with Crippen molar-refractivity contribution < 1.29 is 4.79 Å². The largest absolute Gasteiger partial charge is 0.342 e. The second-order valence-electron chi connectivity index (χ2n) is 7.35. The van der Waals surface area contributed by atoms with Crippen LogP contribution in [0.25, 0.3) is 0 Å². The first-order valence-corrected chi connectivity index (χ1v) is 9.81. The fourth-order valence-corrected chi connectivity index (χ4v) is 5.30. The number of rotatable bonds is 3. The lowest BCUT2D eigenvalue weighted by Crippen LogP contribution is -2.41. The van der Waals surface area contributed by atoms with Crippen LogP contribution in [0.4, 0.5) is 0 Å². The lowest BCUT2D eigenvalue weighted by Gasteiger charge is -2.33. The van der Waals surface area contributed by atoms with Gasteiger partial charge in [0, 0.05) is 29.8 Å². The van der Waals surface area contributed by atoms with Gasteiger partial charge in [-0.3, -0.25) is 4.79 Å². The molecule has 0 bridgehead atoms. The van der Waals surface area contributed by atoms with E-state index in [0.717, 1.165) is 25.9 Å². The maximum Gasteiger partial charge on any atom is 0.225 e. The van der Waals surface area contributed by atoms with Crippen LogP contribution >= 0.6 is 11.3 Å². The number of carbonyl (C=O) groups is 1. The van der Waals surface area contributed by atoms with Gasteiger partial charge in [-0.05, 0) is 57.3 Å². The lowest BCUT2D eigenvalue weighted by atomic mass is 9.95. The van der Waals surface area contributed by atoms with Crippen molar-refractivity contribution in [2.75, 3.05) is 13.1 Å². The smallest absolute Gasteiger partial charge is 0.225 e. The number of likely N-dealkylation sites (tertiary alicyclic amines) is 1. The predicted molar refractivity (Wildman–Crippen MR) is 89.2 cm³/mol. The van der Waals surface area contributed by atoms with Crippen LogP contribution in [0, 0.1) is 11.8 Å². The minimum atomic E-state index is 0.253. The fourth-order valence-electron chi connectivity index (χ4n) is 3.98. The molecule has 4 heteroatoms. The predicted octanol–water partition coefficient (Wildman–Crippen LogP) is 3.77. The topological polar surface area (TPSA) is 33.2 Å². The number of piperidine rings is 1. The van der Waals surface area contributed by atoms with Crippen molar-refractivity contribution in [1.29, 1.82) is 0 Å². The van der Waals surface area contributed by atoms with E-state index in [2.05, 4.69) is 11.8 Å². The molecular weight excluding hydrogens is 292 g/mol. The third-order valence-electron chi connectivity index (χ3n) is 5.74. The summed E-state index contributed by atoms with van der Waals surface area (Å²) < 4.78 is 0. The minimum absolute atomic E-state index is 0.253. The molecule has 1 unspecified atom stereocenters. The molecule has 0 radical (unpaired) electrons. The van der Waals surface area contributed by atoms with Gasteiger partial charge in [-0.15, -0.1) is 11.3 Å². The second kappa shape index (κ2) is 5.95. The van der Waals surface area contributed by atoms with Crippen LogP contribution in [-0.2, 0) is 17.6 Å². The number of nitrogens with zero attached hydrogens (tertiary/aromatic N) is 2. The maximum atomic E-state index is 12.5. The third-order valence-corrected chi connectivity index (χ3v) is 7.06. The van der Waals surface area contributed by atoms with E-state index in [0.29, 0.717) is 17.7 Å². The Morgan fingerprint density at radius 1 is 1.18 bits per heavy atom. The van der Waals surface area contributed by atoms with Crippen LogP contribution in [0.5, 0.6) is 0 Å². The van der Waals surface area contributed by atoms with Crippen molar-refractivity contribution in [1.82, 2.24) is 9.88 Å². The van der Waals surface area contributed by atoms with Gasteiger partial charge in [-0.1, -0.05) is 6.92 Å². The van der Waals surface area contributed by atoms with Gasteiger partial charge < -0.3 is 4.90 Å². The second-order valence-corrected chi connectivity index (χ2v) is 8.47. The highest BCUT2D eigenvalue weighted by Gasteiger charge is 2.36. The monoisotopic (exact) mass is 318 g/mol. The van der Waals surface area contributed by atoms with Crippen molar-refractivity contribution >= 4 is 17.2 Å². The molecule has 4 rings (SSSR count). The third kappa shape index (κ3) is 2.82. The molecule has 1 amide bonds. The van der Waals surface area contributed by atoms with Gasteiger partial charge >= 0.3 is 0 Å². The van der Waals surface area contributed by atoms with Gasteiger partial charge in [0.25, 0.3) is 0 Å². The van der Waals surface area contributed by atoms with Crippen LogP contribution in [0.15, 0.2) is 0 Å². The van der Waals surface area contributed by atoms with E-state index in [9.17, 15) is 4.79 Å². The summed E-state index contributed by atoms with van der Waals surface area (Å²) in [4.78, 5) is 21.1. The first kappa shape index (κ1) is 14.7. The van der Waals surface area contributed by atoms with E-state index in [1.807, 2.05) is 11.3 Å². The van der Waals surface area contributed by atoms with E-state index < -0.39 is 0 Å². The number of fused-ring (bicyclic) bond motifs is 1. The quantitative estimate of drug-likeness (QED) is 0.850. The Morgan fingerprint density at radius 3 is 2.59 bits per heavy atom. The van der Waals surface area contributed by atoms with Gasteiger partial charge in [0.05, 0.1) is 10.7 Å². The molecule has 2 fully saturated rings. The molecule has 3 aliphatic rings. The Bertz CT molecular complexity index is 532. The molecular formula is C18H26N2OS. The average Bonchev–Trinajstić information content (AvgIpc) is 3.32. The molecule has 2 heterocycles. The van der Waals surface area contributed by atoms with E-state index in [1.54, 1.807) is 4.88 Å². The van der Waals surface area contributed by atoms with Crippen LogP contribution in [0.2, 0.25) is 0 Å². The van der Waals surface area contributed by atoms with Crippen LogP contribution < -0.4 is 0 Å². The first-order valence-electron chi connectivity index (χ1n) is 8.99. The summed E-state index contributed by atoms with van der Waals surface area (Å²) in [6.45, 7) is 4.00. The number of aromatic nitrogens is 1. The Labute approximate surface area is 137 Å². The number of aryl methyl sites for hydroxylation is 2. The van der Waals surface area contributed by atoms with E-state index in [-0.39, 0.29) is 5.92 Å². The summed E-state index contributed by atoms with van der Waals surface area (Å²) in [5.74, 6) is 1.93. The van der Waals surface area contributed by atoms with Crippen molar-refractivity contribution in [2.45, 2.75) is 64.2 Å². The highest BCUT2D eigenvalue weighted by molar-refractivity contribution is 7.11. The normalized spacial score (nSPS) is 24.1. The highest BCUT2D eigenvalue weighted by Crippen LogP contribution is 2.39. The van der Waals surface area contributed by atoms with Crippen LogP contribution in [0.1, 0.15) is 66.9 Å². The molecule has 1 aromatic rings. The number of hydrogen-bond acceptors (Lipinski definition) is 3. The molecule has 1 saturated carbocycles. The lowest BCUT2D eigenvalue weighted by molar-refractivity contribution is -0.136. The molecule has 120 valence electrons. The van der Waals surface area contributed by atoms with Crippen molar-refractivity contribution in [3.8, 4) is 0 Å². The molecule has 0 N–H and O–H groups in total. The molecule has 2 aliphatic carbocycles. The summed E-state index contributed by atoms with van der Waals surface area (Å²) in [6, 6.07) is 0. The zero-order valence-corrected chi connectivity index (χ0v) is 14.3. The summed E-state index contributed by atoms with van der Waals surface area (Å²) in [7, 11) is 0. The van der Waals surface area contributed by atoms with Gasteiger partial charge in [0.2, 0.25) is 5.91 Å². The molecule has 0 aromatic carbocycles. The standard InChI is InChI=1S/C18H26N2OS/c1-12(13-6-7-13)18(21)20-10-8-14(9-11-20)17-19-15-4-2-3-5-16(15)22-17/h12-14H,2-11H2,1H3. The Hall–Kier alpha value is -0.900. The molecule has 3 nitrogen and oxygen atoms in total. The van der Waals surface area contributed by atoms with E-state index in [4.69, 9.17) is 4.98 Å². The Kier molecular flexibility index (Phi) is 3.97. The summed E-state index contributed by atoms with van der Waals surface area (Å²) in [5.41, 5.74) is 1.38. The van der Waals surface area contributed by atoms with Crippen LogP contribution in [0.3, 0.4) is 0 Å². The zero-order valence-electron chi connectivity index (χ0n) is 13.5. The van der Waals surface area contributed by atoms with Gasteiger partial charge in [0.1, 0.15) is 0 Å². The van der Waals surface area contributed by atoms with E-state index >= 15 is 0 Å². The van der Waals surface area contributed by atoms with E-state index in [1.165, 1.54) is 49.2 Å². The summed E-state index contributed by atoms with van der Waals surface area (Å²) in [5, 5.41) is 1.36. The first-order chi connectivity index (χ1) is 10.7. The zero-order chi connectivity index (χ0) is 15.1. The molecule has 1 atom stereocenters. The van der Waals surface area contributed by atoms with Gasteiger partial charge in [0.15, 0.2) is 0 Å². The SMILES string of the molecule is CC(C(=O)N1CCC(c2nc3c(s2)CCCC3)CC1)C1CC1. The number of carbonyl (C=O) groups excluding carboxylic acids is 1. The number of amides is 1. The average molecular weight is 318 g/mol. The molecule has 1 saturated heterocycles. The van der Waals surface area contributed by atoms with Crippen molar-refractivity contribution in [2.24, 2.45) is 11.8 Å². The fraction of sp³-hybridized carbons (Fsp3) is 0.778. The molecule has 1 aliphatic heterocycles. The Balaban J connectivity index is 1.37. The molecule has 0 spiro atoms. The number of thiazole rings is 1. The van der Waals surface area contributed by atoms with Crippen molar-refractivity contribution in [3.63, 3.8) is 0 Å². The van der Waals surface area contributed by atoms with Crippen LogP contribution in [-0.4, -0.2) is 28.9 Å².